The average molecular weight is 464 g/mol. The minimum Gasteiger partial charge on any atom is -0.486 e. The van der Waals surface area contributed by atoms with Gasteiger partial charge in [0.2, 0.25) is 10.0 Å². The Balaban J connectivity index is 2.11. The van der Waals surface area contributed by atoms with Gasteiger partial charge in [0, 0.05) is 5.56 Å². The van der Waals surface area contributed by atoms with Crippen molar-refractivity contribution in [3.05, 3.63) is 26.6 Å². The van der Waals surface area contributed by atoms with Crippen LogP contribution in [-0.2, 0) is 10.0 Å². The van der Waals surface area contributed by atoms with Gasteiger partial charge in [-0.25, -0.2) is 17.9 Å². The number of sulfonamides is 1. The monoisotopic (exact) mass is 464 g/mol. The van der Waals surface area contributed by atoms with Crippen LogP contribution in [0.3, 0.4) is 0 Å². The Bertz CT molecular complexity index is 857. The molecule has 130 valence electrons. The Labute approximate surface area is 154 Å². The molecule has 1 saturated carbocycles. The number of halogens is 2. The molecule has 0 amide bonds. The number of nitriles is 1. The van der Waals surface area contributed by atoms with E-state index < -0.39 is 20.6 Å². The normalized spacial score (nSPS) is 21.8. The summed E-state index contributed by atoms with van der Waals surface area (Å²) >= 11 is 1.80. The maximum atomic E-state index is 14.2. The maximum absolute atomic E-state index is 14.2. The van der Waals surface area contributed by atoms with E-state index in [1.807, 2.05) is 6.07 Å². The maximum Gasteiger partial charge on any atom is 0.214 e. The van der Waals surface area contributed by atoms with Crippen molar-refractivity contribution in [2.45, 2.75) is 55.8 Å². The number of benzene rings is 1. The Hall–Kier alpha value is -0.920. The van der Waals surface area contributed by atoms with E-state index in [9.17, 15) is 18.1 Å². The van der Waals surface area contributed by atoms with Crippen LogP contribution >= 0.6 is 22.6 Å². The first-order chi connectivity index (χ1) is 11.0. The molecule has 1 aliphatic carbocycles. The lowest BCUT2D eigenvalue weighted by atomic mass is 9.81. The number of nitrogens with two attached hydrogens (primary N) is 1. The molecule has 2 aliphatic rings. The minimum atomic E-state index is -3.76. The summed E-state index contributed by atoms with van der Waals surface area (Å²) in [5.74, 6) is -0.301. The summed E-state index contributed by atoms with van der Waals surface area (Å²) in [6.07, 6.45) is 2.59. The molecule has 0 saturated heterocycles. The molecule has 0 radical (unpaired) electrons. The Kier molecular flexibility index (Phi) is 4.13. The van der Waals surface area contributed by atoms with Crippen molar-refractivity contribution in [2.75, 3.05) is 0 Å². The number of hydrogen-bond donors (Lipinski definition) is 1. The zero-order valence-electron chi connectivity index (χ0n) is 13.4. The van der Waals surface area contributed by atoms with Gasteiger partial charge in [-0.1, -0.05) is 0 Å². The quantitative estimate of drug-likeness (QED) is 0.696. The van der Waals surface area contributed by atoms with Gasteiger partial charge in [0.15, 0.2) is 0 Å². The van der Waals surface area contributed by atoms with Crippen LogP contribution in [0.5, 0.6) is 5.75 Å². The van der Waals surface area contributed by atoms with Gasteiger partial charge in [-0.15, -0.1) is 0 Å². The molecule has 1 spiro atoms. The van der Waals surface area contributed by atoms with Crippen molar-refractivity contribution in [1.29, 1.82) is 5.26 Å². The number of hydrogen-bond acceptors (Lipinski definition) is 4. The third-order valence-corrected chi connectivity index (χ3v) is 7.77. The van der Waals surface area contributed by atoms with Crippen molar-refractivity contribution >= 4 is 32.6 Å². The highest BCUT2D eigenvalue weighted by Crippen LogP contribution is 2.56. The molecule has 0 bridgehead atoms. The van der Waals surface area contributed by atoms with E-state index in [0.29, 0.717) is 17.7 Å². The fraction of sp³-hybridized carbons (Fsp3) is 0.562. The van der Waals surface area contributed by atoms with Crippen LogP contribution in [0, 0.1) is 20.7 Å². The molecule has 2 N–H and O–H groups in total. The van der Waals surface area contributed by atoms with E-state index in [1.165, 1.54) is 6.07 Å². The van der Waals surface area contributed by atoms with Gasteiger partial charge in [0.05, 0.1) is 8.32 Å². The summed E-state index contributed by atoms with van der Waals surface area (Å²) in [7, 11) is -3.76. The van der Waals surface area contributed by atoms with E-state index in [4.69, 9.17) is 9.88 Å². The fourth-order valence-corrected chi connectivity index (χ4v) is 4.25. The van der Waals surface area contributed by atoms with Crippen LogP contribution in [0.4, 0.5) is 4.39 Å². The molecule has 1 unspecified atom stereocenters. The van der Waals surface area contributed by atoms with E-state index in [-0.39, 0.29) is 27.1 Å². The first kappa shape index (κ1) is 17.9. The molecule has 1 aliphatic heterocycles. The Morgan fingerprint density at radius 1 is 1.54 bits per heavy atom. The van der Waals surface area contributed by atoms with Gasteiger partial charge in [0.1, 0.15) is 28.8 Å². The molecule has 1 aromatic rings. The van der Waals surface area contributed by atoms with Gasteiger partial charge in [-0.2, -0.15) is 5.26 Å². The lowest BCUT2D eigenvalue weighted by Gasteiger charge is -2.36. The van der Waals surface area contributed by atoms with Crippen LogP contribution < -0.4 is 9.88 Å². The second-order valence-corrected chi connectivity index (χ2v) is 10.5. The van der Waals surface area contributed by atoms with Crippen molar-refractivity contribution in [3.63, 3.8) is 0 Å². The third kappa shape index (κ3) is 2.91. The zero-order valence-corrected chi connectivity index (χ0v) is 16.4. The number of primary sulfonamides is 1. The van der Waals surface area contributed by atoms with E-state index in [0.717, 1.165) is 12.8 Å². The van der Waals surface area contributed by atoms with E-state index in [1.54, 1.807) is 36.4 Å². The smallest absolute Gasteiger partial charge is 0.214 e. The molecule has 24 heavy (non-hydrogen) atoms. The molecule has 0 aromatic heterocycles. The first-order valence-corrected chi connectivity index (χ1v) is 10.3. The highest BCUT2D eigenvalue weighted by molar-refractivity contribution is 14.1. The molecule has 1 aromatic carbocycles. The lowest BCUT2D eigenvalue weighted by Crippen LogP contribution is -2.41. The minimum absolute atomic E-state index is 0.190. The van der Waals surface area contributed by atoms with Gasteiger partial charge in [-0.3, -0.25) is 0 Å². The molecule has 8 heteroatoms. The summed E-state index contributed by atoms with van der Waals surface area (Å²) in [6.45, 7) is 3.15. The number of rotatable bonds is 3. The fourth-order valence-electron chi connectivity index (χ4n) is 3.30. The first-order valence-electron chi connectivity index (χ1n) is 7.63. The number of nitrogens with zero attached hydrogens (tertiary/aromatic N) is 1. The van der Waals surface area contributed by atoms with Crippen molar-refractivity contribution in [3.8, 4) is 11.8 Å². The SMILES string of the molecule is CC(C)(CC1CC2(CC2)Oc2c1cc(F)c(I)c2C#N)S(N)(=O)=O. The molecule has 1 heterocycles. The Morgan fingerprint density at radius 3 is 2.67 bits per heavy atom. The molecule has 1 atom stereocenters. The summed E-state index contributed by atoms with van der Waals surface area (Å²) in [5, 5.41) is 14.8. The highest BCUT2D eigenvalue weighted by atomic mass is 127. The summed E-state index contributed by atoms with van der Waals surface area (Å²) < 4.78 is 43.1. The van der Waals surface area contributed by atoms with Gasteiger partial charge in [-0.05, 0) is 74.1 Å². The standard InChI is InChI=1S/C16H18FIN2O3S/c1-15(2,24(20,21)22)6-9-7-16(3-4-16)23-14-10(9)5-12(17)13(18)11(14)8-19/h5,9H,3-4,6-7H2,1-2H3,(H2,20,21,22). The predicted molar refractivity (Wildman–Crippen MR) is 95.6 cm³/mol. The number of ether oxygens (including phenoxy) is 1. The zero-order chi connectivity index (χ0) is 17.9. The molecular formula is C16H18FIN2O3S. The average Bonchev–Trinajstić information content (AvgIpc) is 3.19. The predicted octanol–water partition coefficient (Wildman–Crippen LogP) is 3.16. The van der Waals surface area contributed by atoms with E-state index in [2.05, 4.69) is 0 Å². The molecule has 1 fully saturated rings. The third-order valence-electron chi connectivity index (χ3n) is 5.01. The second kappa shape index (κ2) is 5.54. The second-order valence-electron chi connectivity index (χ2n) is 7.27. The summed E-state index contributed by atoms with van der Waals surface area (Å²) in [4.78, 5) is 0. The van der Waals surface area contributed by atoms with E-state index >= 15 is 0 Å². The molecule has 5 nitrogen and oxygen atoms in total. The summed E-state index contributed by atoms with van der Waals surface area (Å²) in [5.41, 5.74) is 0.409. The van der Waals surface area contributed by atoms with Crippen molar-refractivity contribution in [2.24, 2.45) is 5.14 Å². The topological polar surface area (TPSA) is 93.2 Å². The van der Waals surface area contributed by atoms with Crippen LogP contribution in [0.15, 0.2) is 6.07 Å². The summed E-state index contributed by atoms with van der Waals surface area (Å²) in [6, 6.07) is 3.40. The Morgan fingerprint density at radius 2 is 2.17 bits per heavy atom. The molecule has 3 rings (SSSR count). The van der Waals surface area contributed by atoms with Crippen LogP contribution in [-0.4, -0.2) is 18.8 Å². The van der Waals surface area contributed by atoms with Crippen molar-refractivity contribution in [1.82, 2.24) is 0 Å². The van der Waals surface area contributed by atoms with Crippen LogP contribution in [0.25, 0.3) is 0 Å². The largest absolute Gasteiger partial charge is 0.486 e. The highest BCUT2D eigenvalue weighted by Gasteiger charge is 2.52. The lowest BCUT2D eigenvalue weighted by molar-refractivity contribution is 0.130. The molecular weight excluding hydrogens is 446 g/mol. The van der Waals surface area contributed by atoms with Crippen LogP contribution in [0.2, 0.25) is 0 Å². The van der Waals surface area contributed by atoms with Gasteiger partial charge < -0.3 is 4.74 Å². The van der Waals surface area contributed by atoms with Crippen LogP contribution in [0.1, 0.15) is 56.6 Å². The van der Waals surface area contributed by atoms with Gasteiger partial charge in [0.25, 0.3) is 0 Å². The van der Waals surface area contributed by atoms with Crippen molar-refractivity contribution < 1.29 is 17.5 Å². The van der Waals surface area contributed by atoms with Gasteiger partial charge >= 0.3 is 0 Å². The number of fused-ring (bicyclic) bond motifs is 1.